The summed E-state index contributed by atoms with van der Waals surface area (Å²) in [5, 5.41) is 2.77. The molecule has 1 rings (SSSR count). The number of nitrogens with one attached hydrogen (secondary N) is 1. The van der Waals surface area contributed by atoms with E-state index in [4.69, 9.17) is 16.3 Å². The highest BCUT2D eigenvalue weighted by Crippen LogP contribution is 2.24. The van der Waals surface area contributed by atoms with Crippen LogP contribution in [0.1, 0.15) is 53.9 Å². The van der Waals surface area contributed by atoms with Crippen LogP contribution in [0, 0.1) is 5.41 Å². The lowest BCUT2D eigenvalue weighted by Gasteiger charge is -2.36. The maximum absolute atomic E-state index is 12.3. The fourth-order valence-electron chi connectivity index (χ4n) is 3.07. The van der Waals surface area contributed by atoms with Crippen molar-refractivity contribution >= 4 is 39.2 Å². The molecule has 0 spiro atoms. The van der Waals surface area contributed by atoms with Crippen LogP contribution in [0.4, 0.5) is 0 Å². The topological polar surface area (TPSA) is 110 Å². The Kier molecular flexibility index (Phi) is 8.95. The molecule has 0 aliphatic carbocycles. The number of amides is 2. The lowest BCUT2D eigenvalue weighted by Crippen LogP contribution is -2.49. The Morgan fingerprint density at radius 1 is 1.14 bits per heavy atom. The Bertz CT molecular complexity index is 715. The number of halogens is 1. The third-order valence-corrected chi connectivity index (χ3v) is 6.40. The van der Waals surface area contributed by atoms with Crippen LogP contribution in [0.15, 0.2) is 0 Å². The Morgan fingerprint density at radius 2 is 1.76 bits per heavy atom. The van der Waals surface area contributed by atoms with Crippen molar-refractivity contribution < 1.29 is 27.5 Å². The molecule has 0 aromatic carbocycles. The van der Waals surface area contributed by atoms with Crippen LogP contribution in [0.3, 0.4) is 0 Å². The highest BCUT2D eigenvalue weighted by molar-refractivity contribution is 7.91. The Balaban J connectivity index is 2.58. The predicted octanol–water partition coefficient (Wildman–Crippen LogP) is 1.51. The molecule has 0 saturated carbocycles. The summed E-state index contributed by atoms with van der Waals surface area (Å²) in [6.07, 6.45) is 0.389. The van der Waals surface area contributed by atoms with Crippen molar-refractivity contribution in [3.8, 4) is 0 Å². The number of hydrogen-bond acceptors (Lipinski definition) is 6. The van der Waals surface area contributed by atoms with Gasteiger partial charge in [0, 0.05) is 25.6 Å². The molecule has 1 fully saturated rings. The largest absolute Gasteiger partial charge is 0.460 e. The van der Waals surface area contributed by atoms with Gasteiger partial charge in [-0.2, -0.15) is 0 Å². The molecule has 1 saturated heterocycles. The zero-order chi connectivity index (χ0) is 22.5. The van der Waals surface area contributed by atoms with E-state index >= 15 is 0 Å². The van der Waals surface area contributed by atoms with Gasteiger partial charge in [-0.05, 0) is 32.6 Å². The van der Waals surface area contributed by atoms with Gasteiger partial charge in [0.05, 0.1) is 17.9 Å². The van der Waals surface area contributed by atoms with E-state index in [2.05, 4.69) is 5.32 Å². The minimum Gasteiger partial charge on any atom is -0.460 e. The lowest BCUT2D eigenvalue weighted by molar-refractivity contribution is -0.155. The third-order valence-electron chi connectivity index (χ3n) is 4.42. The van der Waals surface area contributed by atoms with E-state index in [1.54, 1.807) is 20.8 Å². The van der Waals surface area contributed by atoms with Gasteiger partial charge in [0.25, 0.3) is 0 Å². The van der Waals surface area contributed by atoms with Crippen molar-refractivity contribution in [1.82, 2.24) is 10.2 Å². The molecule has 2 amide bonds. The van der Waals surface area contributed by atoms with Crippen LogP contribution in [-0.4, -0.2) is 73.2 Å². The van der Waals surface area contributed by atoms with Crippen LogP contribution in [0.5, 0.6) is 0 Å². The molecule has 0 aromatic heterocycles. The molecule has 10 heteroatoms. The first kappa shape index (κ1) is 25.7. The average Bonchev–Trinajstić information content (AvgIpc) is 2.93. The SMILES string of the molecule is CC(C)(CNC(=O)CCC(=O)OC(C)(C)C)CN(C(=O)CCl)C1CCS(=O)(=O)C1. The minimum absolute atomic E-state index is 0.0101. The fourth-order valence-corrected chi connectivity index (χ4v) is 4.95. The van der Waals surface area contributed by atoms with Crippen molar-refractivity contribution in [1.29, 1.82) is 0 Å². The van der Waals surface area contributed by atoms with Crippen LogP contribution in [-0.2, 0) is 29.0 Å². The summed E-state index contributed by atoms with van der Waals surface area (Å²) < 4.78 is 28.7. The molecule has 0 bridgehead atoms. The number of ether oxygens (including phenoxy) is 1. The standard InChI is InChI=1S/C19H33ClN2O6S/c1-18(2,3)28-17(25)7-6-15(23)21-12-19(4,5)13-22(16(24)10-20)14-8-9-29(26,27)11-14/h14H,6-13H2,1-5H3,(H,21,23). The van der Waals surface area contributed by atoms with Crippen molar-refractivity contribution in [3.63, 3.8) is 0 Å². The van der Waals surface area contributed by atoms with Crippen LogP contribution >= 0.6 is 11.6 Å². The molecule has 1 N–H and O–H groups in total. The number of hydrogen-bond donors (Lipinski definition) is 1. The molecule has 0 radical (unpaired) electrons. The van der Waals surface area contributed by atoms with E-state index in [0.717, 1.165) is 0 Å². The van der Waals surface area contributed by atoms with E-state index in [-0.39, 0.29) is 55.1 Å². The number of rotatable bonds is 9. The first-order chi connectivity index (χ1) is 13.1. The molecule has 1 atom stereocenters. The number of sulfone groups is 1. The second-order valence-electron chi connectivity index (χ2n) is 9.24. The summed E-state index contributed by atoms with van der Waals surface area (Å²) in [6, 6.07) is -0.395. The van der Waals surface area contributed by atoms with Gasteiger partial charge < -0.3 is 15.0 Å². The zero-order valence-corrected chi connectivity index (χ0v) is 19.5. The molecule has 1 aliphatic heterocycles. The average molecular weight is 453 g/mol. The molecule has 0 aromatic rings. The van der Waals surface area contributed by atoms with Crippen LogP contribution < -0.4 is 5.32 Å². The Morgan fingerprint density at radius 3 is 2.24 bits per heavy atom. The molecule has 1 unspecified atom stereocenters. The second kappa shape index (κ2) is 10.1. The number of carbonyl (C=O) groups is 3. The Hall–Kier alpha value is -1.35. The highest BCUT2D eigenvalue weighted by Gasteiger charge is 2.37. The molecule has 29 heavy (non-hydrogen) atoms. The van der Waals surface area contributed by atoms with Gasteiger partial charge in [0.1, 0.15) is 11.5 Å². The number of esters is 1. The predicted molar refractivity (Wildman–Crippen MR) is 111 cm³/mol. The first-order valence-corrected chi connectivity index (χ1v) is 12.0. The van der Waals surface area contributed by atoms with Gasteiger partial charge in [0.2, 0.25) is 11.8 Å². The van der Waals surface area contributed by atoms with Gasteiger partial charge >= 0.3 is 5.97 Å². The van der Waals surface area contributed by atoms with Gasteiger partial charge in [-0.15, -0.1) is 11.6 Å². The number of alkyl halides is 1. The van der Waals surface area contributed by atoms with Crippen molar-refractivity contribution in [2.24, 2.45) is 5.41 Å². The van der Waals surface area contributed by atoms with E-state index in [9.17, 15) is 22.8 Å². The smallest absolute Gasteiger partial charge is 0.306 e. The molecular weight excluding hydrogens is 420 g/mol. The van der Waals surface area contributed by atoms with Gasteiger partial charge in [0.15, 0.2) is 9.84 Å². The summed E-state index contributed by atoms with van der Waals surface area (Å²) in [4.78, 5) is 37.6. The summed E-state index contributed by atoms with van der Waals surface area (Å²) >= 11 is 5.72. The van der Waals surface area contributed by atoms with E-state index < -0.39 is 32.9 Å². The van der Waals surface area contributed by atoms with E-state index in [1.165, 1.54) is 4.90 Å². The van der Waals surface area contributed by atoms with Crippen LogP contribution in [0.25, 0.3) is 0 Å². The highest BCUT2D eigenvalue weighted by atomic mass is 35.5. The molecular formula is C19H33ClN2O6S. The minimum atomic E-state index is -3.14. The summed E-state index contributed by atoms with van der Waals surface area (Å²) in [5.41, 5.74) is -1.10. The number of carbonyl (C=O) groups excluding carboxylic acids is 3. The maximum atomic E-state index is 12.3. The number of nitrogens with zero attached hydrogens (tertiary/aromatic N) is 1. The molecule has 1 heterocycles. The zero-order valence-electron chi connectivity index (χ0n) is 17.9. The normalized spacial score (nSPS) is 18.9. The summed E-state index contributed by atoms with van der Waals surface area (Å²) in [7, 11) is -3.14. The van der Waals surface area contributed by atoms with Gasteiger partial charge in [-0.3, -0.25) is 14.4 Å². The van der Waals surface area contributed by atoms with Crippen molar-refractivity contribution in [3.05, 3.63) is 0 Å². The fraction of sp³-hybridized carbons (Fsp3) is 0.842. The van der Waals surface area contributed by atoms with E-state index in [1.807, 2.05) is 13.8 Å². The monoisotopic (exact) mass is 452 g/mol. The summed E-state index contributed by atoms with van der Waals surface area (Å²) in [5.74, 6) is -1.28. The molecule has 1 aliphatic rings. The molecule has 8 nitrogen and oxygen atoms in total. The Labute approximate surface area is 178 Å². The second-order valence-corrected chi connectivity index (χ2v) is 11.7. The van der Waals surface area contributed by atoms with Crippen molar-refractivity contribution in [2.75, 3.05) is 30.5 Å². The quantitative estimate of drug-likeness (QED) is 0.419. The summed E-state index contributed by atoms with van der Waals surface area (Å²) in [6.45, 7) is 9.57. The molecule has 168 valence electrons. The van der Waals surface area contributed by atoms with Gasteiger partial charge in [-0.25, -0.2) is 8.42 Å². The first-order valence-electron chi connectivity index (χ1n) is 9.68. The third kappa shape index (κ3) is 9.80. The lowest BCUT2D eigenvalue weighted by atomic mass is 9.91. The van der Waals surface area contributed by atoms with E-state index in [0.29, 0.717) is 6.42 Å². The van der Waals surface area contributed by atoms with Gasteiger partial charge in [-0.1, -0.05) is 13.8 Å². The van der Waals surface area contributed by atoms with Crippen molar-refractivity contribution in [2.45, 2.75) is 65.5 Å². The maximum Gasteiger partial charge on any atom is 0.306 e. The van der Waals surface area contributed by atoms with Crippen LogP contribution in [0.2, 0.25) is 0 Å².